The van der Waals surface area contributed by atoms with Crippen molar-refractivity contribution in [1.82, 2.24) is 15.2 Å². The minimum absolute atomic E-state index is 0.0626. The van der Waals surface area contributed by atoms with Crippen molar-refractivity contribution >= 4 is 29.8 Å². The molecule has 8 nitrogen and oxygen atoms in total. The Hall–Kier alpha value is -2.81. The highest BCUT2D eigenvalue weighted by molar-refractivity contribution is 8.04. The predicted octanol–water partition coefficient (Wildman–Crippen LogP) is -0.875. The summed E-state index contributed by atoms with van der Waals surface area (Å²) in [7, 11) is 0. The summed E-state index contributed by atoms with van der Waals surface area (Å²) in [6.45, 7) is 1.14. The van der Waals surface area contributed by atoms with E-state index in [1.165, 1.54) is 18.2 Å². The molecule has 0 aliphatic rings. The number of rotatable bonds is 7. The number of hydrogen-bond acceptors (Lipinski definition) is 8. The van der Waals surface area contributed by atoms with Crippen LogP contribution in [-0.4, -0.2) is 33.7 Å². The van der Waals surface area contributed by atoms with E-state index < -0.39 is 18.5 Å². The Morgan fingerprint density at radius 3 is 2.52 bits per heavy atom. The number of benzene rings is 1. The van der Waals surface area contributed by atoms with Crippen LogP contribution in [-0.2, 0) is 9.59 Å². The molecule has 1 aromatic heterocycles. The van der Waals surface area contributed by atoms with Crippen LogP contribution < -0.4 is 14.9 Å². The first-order valence-corrected chi connectivity index (χ1v) is 7.18. The molecular formula is C14H11N3O5S-2. The van der Waals surface area contributed by atoms with Gasteiger partial charge < -0.3 is 24.5 Å². The average molecular weight is 333 g/mol. The number of aliphatic carboxylic acids is 2. The molecule has 0 unspecified atom stereocenters. The number of aromatic amines is 1. The lowest BCUT2D eigenvalue weighted by atomic mass is 10.2. The minimum atomic E-state index is -1.35. The van der Waals surface area contributed by atoms with Gasteiger partial charge in [-0.1, -0.05) is 12.1 Å². The third kappa shape index (κ3) is 5.15. The normalized spacial score (nSPS) is 11.3. The second kappa shape index (κ2) is 7.45. The molecule has 23 heavy (non-hydrogen) atoms. The molecule has 0 spiro atoms. The number of thioether (sulfide) groups is 1. The number of aryl methyl sites for hydroxylation is 1. The highest BCUT2D eigenvalue weighted by Crippen LogP contribution is 2.25. The highest BCUT2D eigenvalue weighted by atomic mass is 32.2. The zero-order valence-electron chi connectivity index (χ0n) is 11.9. The Bertz CT molecular complexity index is 739. The molecule has 1 aromatic carbocycles. The molecule has 1 heterocycles. The number of hydrogen-bond donors (Lipinski definition) is 1. The lowest BCUT2D eigenvalue weighted by Crippen LogP contribution is -2.28. The number of nitrogens with one attached hydrogen (secondary N) is 1. The molecule has 2 aromatic rings. The van der Waals surface area contributed by atoms with E-state index in [0.717, 1.165) is 11.8 Å². The molecule has 120 valence electrons. The zero-order valence-corrected chi connectivity index (χ0v) is 12.8. The second-order valence-corrected chi connectivity index (χ2v) is 5.34. The fourth-order valence-corrected chi connectivity index (χ4v) is 2.30. The summed E-state index contributed by atoms with van der Waals surface area (Å²) in [5.74, 6) is -1.78. The average Bonchev–Trinajstić information content (AvgIpc) is 2.91. The van der Waals surface area contributed by atoms with Crippen molar-refractivity contribution in [2.45, 2.75) is 12.1 Å². The van der Waals surface area contributed by atoms with Crippen LogP contribution in [0.4, 0.5) is 0 Å². The first-order chi connectivity index (χ1) is 10.9. The molecule has 0 aliphatic carbocycles. The topological polar surface area (TPSA) is 131 Å². The van der Waals surface area contributed by atoms with Crippen LogP contribution in [0.15, 0.2) is 34.3 Å². The third-order valence-corrected chi connectivity index (χ3v) is 3.38. The van der Waals surface area contributed by atoms with Gasteiger partial charge in [0, 0.05) is 4.91 Å². The van der Waals surface area contributed by atoms with Gasteiger partial charge in [0.1, 0.15) is 18.2 Å². The van der Waals surface area contributed by atoms with Crippen molar-refractivity contribution < 1.29 is 24.5 Å². The van der Waals surface area contributed by atoms with E-state index in [0.29, 0.717) is 17.1 Å². The van der Waals surface area contributed by atoms with Crippen molar-refractivity contribution in [3.63, 3.8) is 0 Å². The van der Waals surface area contributed by atoms with Crippen LogP contribution in [0.1, 0.15) is 11.4 Å². The monoisotopic (exact) mass is 333 g/mol. The third-order valence-electron chi connectivity index (χ3n) is 2.51. The highest BCUT2D eigenvalue weighted by Gasteiger charge is 2.07. The summed E-state index contributed by atoms with van der Waals surface area (Å²) in [5.41, 5.74) is 0.574. The van der Waals surface area contributed by atoms with Gasteiger partial charge in [-0.25, -0.2) is 4.98 Å². The molecule has 2 rings (SSSR count). The van der Waals surface area contributed by atoms with Crippen molar-refractivity contribution in [2.75, 3.05) is 6.61 Å². The van der Waals surface area contributed by atoms with E-state index in [1.807, 2.05) is 0 Å². The Labute approximate surface area is 135 Å². The standard InChI is InChI=1S/C14H13N3O5S/c1-8-15-14(17-16-8)23-11(13(20)21)6-9-2-4-10(5-3-9)22-7-12(18)19/h2-6H,7H2,1H3,(H,18,19)(H,20,21)(H,15,16,17)/p-2/b11-6+. The van der Waals surface area contributed by atoms with Crippen LogP contribution in [0.2, 0.25) is 0 Å². The van der Waals surface area contributed by atoms with Gasteiger partial charge in [-0.3, -0.25) is 5.10 Å². The number of aromatic nitrogens is 3. The summed E-state index contributed by atoms with van der Waals surface area (Å²) in [6, 6.07) is 6.20. The summed E-state index contributed by atoms with van der Waals surface area (Å²) < 4.78 is 4.93. The van der Waals surface area contributed by atoms with E-state index in [-0.39, 0.29) is 10.1 Å². The van der Waals surface area contributed by atoms with Crippen molar-refractivity contribution in [1.29, 1.82) is 0 Å². The summed E-state index contributed by atoms with van der Waals surface area (Å²) in [5, 5.41) is 28.2. The molecule has 0 amide bonds. The molecule has 0 aliphatic heterocycles. The fraction of sp³-hybridized carbons (Fsp3) is 0.143. The van der Waals surface area contributed by atoms with Gasteiger partial charge in [0.05, 0.1) is 11.9 Å². The quantitative estimate of drug-likeness (QED) is 0.511. The number of H-pyrrole nitrogens is 1. The molecular weight excluding hydrogens is 322 g/mol. The number of carboxylic acids is 2. The van der Waals surface area contributed by atoms with E-state index in [4.69, 9.17) is 4.74 Å². The van der Waals surface area contributed by atoms with Crippen LogP contribution in [0, 0.1) is 6.92 Å². The molecule has 0 atom stereocenters. The van der Waals surface area contributed by atoms with Gasteiger partial charge >= 0.3 is 0 Å². The van der Waals surface area contributed by atoms with Gasteiger partial charge in [-0.2, -0.15) is 0 Å². The maximum Gasteiger partial charge on any atom is 0.213 e. The lowest BCUT2D eigenvalue weighted by Gasteiger charge is -2.08. The first-order valence-electron chi connectivity index (χ1n) is 6.36. The first kappa shape index (κ1) is 16.6. The van der Waals surface area contributed by atoms with Gasteiger partial charge in [0.25, 0.3) is 0 Å². The Kier molecular flexibility index (Phi) is 5.36. The number of ether oxygens (including phenoxy) is 1. The summed E-state index contributed by atoms with van der Waals surface area (Å²) in [4.78, 5) is 25.4. The number of carbonyl (C=O) groups excluding carboxylic acids is 2. The second-order valence-electron chi connectivity index (χ2n) is 4.33. The smallest absolute Gasteiger partial charge is 0.213 e. The van der Waals surface area contributed by atoms with E-state index in [1.54, 1.807) is 19.1 Å². The van der Waals surface area contributed by atoms with Crippen molar-refractivity contribution in [2.24, 2.45) is 0 Å². The summed E-state index contributed by atoms with van der Waals surface area (Å²) in [6.07, 6.45) is 1.40. The molecule has 0 radical (unpaired) electrons. The van der Waals surface area contributed by atoms with E-state index in [9.17, 15) is 19.8 Å². The van der Waals surface area contributed by atoms with Crippen LogP contribution >= 0.6 is 11.8 Å². The lowest BCUT2D eigenvalue weighted by molar-refractivity contribution is -0.307. The number of carboxylic acid groups (broad SMARTS) is 2. The van der Waals surface area contributed by atoms with Crippen LogP contribution in [0.3, 0.4) is 0 Å². The Morgan fingerprint density at radius 1 is 1.30 bits per heavy atom. The zero-order chi connectivity index (χ0) is 16.8. The molecule has 0 fully saturated rings. The van der Waals surface area contributed by atoms with Crippen LogP contribution in [0.25, 0.3) is 6.08 Å². The number of carbonyl (C=O) groups is 2. The maximum absolute atomic E-state index is 11.2. The Balaban J connectivity index is 2.12. The van der Waals surface area contributed by atoms with Crippen molar-refractivity contribution in [3.8, 4) is 5.75 Å². The molecule has 0 saturated carbocycles. The van der Waals surface area contributed by atoms with Gasteiger partial charge in [-0.15, -0.1) is 5.10 Å². The molecule has 0 bridgehead atoms. The van der Waals surface area contributed by atoms with E-state index >= 15 is 0 Å². The van der Waals surface area contributed by atoms with Gasteiger partial charge in [0.15, 0.2) is 0 Å². The Morgan fingerprint density at radius 2 is 2.00 bits per heavy atom. The SMILES string of the molecule is Cc1nc(S/C(=C/c2ccc(OCC(=O)[O-])cc2)C(=O)[O-])n[nH]1. The van der Waals surface area contributed by atoms with Gasteiger partial charge in [-0.05, 0) is 42.5 Å². The maximum atomic E-state index is 11.2. The van der Waals surface area contributed by atoms with Gasteiger partial charge in [0.2, 0.25) is 5.16 Å². The molecule has 0 saturated heterocycles. The number of nitrogens with zero attached hydrogens (tertiary/aromatic N) is 2. The van der Waals surface area contributed by atoms with E-state index in [2.05, 4.69) is 15.2 Å². The van der Waals surface area contributed by atoms with Crippen LogP contribution in [0.5, 0.6) is 5.75 Å². The predicted molar refractivity (Wildman–Crippen MR) is 76.9 cm³/mol. The van der Waals surface area contributed by atoms with Crippen molar-refractivity contribution in [3.05, 3.63) is 40.6 Å². The minimum Gasteiger partial charge on any atom is -0.546 e. The largest absolute Gasteiger partial charge is 0.546 e. The summed E-state index contributed by atoms with van der Waals surface area (Å²) >= 11 is 0.859. The molecule has 9 heteroatoms. The molecule has 1 N–H and O–H groups in total. The fourth-order valence-electron chi connectivity index (χ4n) is 1.55.